The van der Waals surface area contributed by atoms with Gasteiger partial charge < -0.3 is 4.74 Å². The second-order valence-electron chi connectivity index (χ2n) is 7.28. The van der Waals surface area contributed by atoms with E-state index in [1.807, 2.05) is 0 Å². The van der Waals surface area contributed by atoms with Gasteiger partial charge >= 0.3 is 64.8 Å². The van der Waals surface area contributed by atoms with Crippen molar-refractivity contribution >= 4 is 5.97 Å². The van der Waals surface area contributed by atoms with Crippen molar-refractivity contribution in [2.75, 3.05) is 6.86 Å². The van der Waals surface area contributed by atoms with E-state index in [9.17, 15) is 83.8 Å². The topological polar surface area (TPSA) is 35.5 Å². The van der Waals surface area contributed by atoms with Crippen LogP contribution in [-0.2, 0) is 14.3 Å². The fourth-order valence-electron chi connectivity index (χ4n) is 4.52. The molecule has 4 aliphatic rings. The van der Waals surface area contributed by atoms with Crippen LogP contribution < -0.4 is 0 Å². The largest absolute Gasteiger partial charge is 0.539 e. The second kappa shape index (κ2) is 5.76. The summed E-state index contributed by atoms with van der Waals surface area (Å²) in [5, 5.41) is 0. The van der Waals surface area contributed by atoms with Crippen molar-refractivity contribution in [1.82, 2.24) is 0 Å². The Hall–Kier alpha value is -1.83. The first-order valence-corrected chi connectivity index (χ1v) is 7.84. The van der Waals surface area contributed by atoms with E-state index in [4.69, 9.17) is 0 Å². The van der Waals surface area contributed by atoms with Crippen molar-refractivity contribution < 1.29 is 93.3 Å². The van der Waals surface area contributed by atoms with E-state index < -0.39 is 77.1 Å². The lowest BCUT2D eigenvalue weighted by Crippen LogP contribution is -3.08. The van der Waals surface area contributed by atoms with E-state index in [0.717, 1.165) is 0 Å². The van der Waals surface area contributed by atoms with Gasteiger partial charge in [-0.25, -0.2) is 43.9 Å². The average Bonchev–Trinajstić information content (AvgIpc) is 2.61. The Bertz CT molecular complexity index is 828. The third-order valence-electron chi connectivity index (χ3n) is 6.05. The van der Waals surface area contributed by atoms with Gasteiger partial charge in [0.2, 0.25) is 0 Å². The molecule has 3 nitrogen and oxygen atoms in total. The second-order valence-corrected chi connectivity index (χ2v) is 7.28. The van der Waals surface area contributed by atoms with Crippen molar-refractivity contribution in [3.8, 4) is 0 Å². The molecule has 4 fully saturated rings. The normalized spacial score (nSPS) is 44.1. The minimum Gasteiger partial charge on any atom is -0.376 e. The molecular formula is C13H2F18O3. The fraction of sp³-hybridized carbons (Fsp3) is 0.923. The van der Waals surface area contributed by atoms with Crippen LogP contribution in [0.25, 0.3) is 0 Å². The molecule has 0 aromatic heterocycles. The van der Waals surface area contributed by atoms with Crippen molar-refractivity contribution in [2.45, 2.75) is 58.8 Å². The predicted octanol–water partition coefficient (Wildman–Crippen LogP) is 4.99. The van der Waals surface area contributed by atoms with E-state index in [1.54, 1.807) is 0 Å². The molecule has 0 saturated heterocycles. The highest BCUT2D eigenvalue weighted by atomic mass is 19.3. The van der Waals surface area contributed by atoms with Crippen LogP contribution in [0, 0.1) is 5.41 Å². The van der Waals surface area contributed by atoms with Crippen molar-refractivity contribution in [1.29, 1.82) is 0 Å². The molecule has 0 spiro atoms. The van der Waals surface area contributed by atoms with Crippen molar-refractivity contribution in [3.63, 3.8) is 0 Å². The number of hydrogen-bond acceptors (Lipinski definition) is 3. The van der Waals surface area contributed by atoms with Crippen LogP contribution in [0.2, 0.25) is 0 Å². The molecule has 0 N–H and O–H groups in total. The van der Waals surface area contributed by atoms with Gasteiger partial charge in [-0.1, -0.05) is 0 Å². The maximum Gasteiger partial charge on any atom is 0.539 e. The lowest BCUT2D eigenvalue weighted by atomic mass is 9.36. The first-order valence-electron chi connectivity index (χ1n) is 7.84. The smallest absolute Gasteiger partial charge is 0.376 e. The number of carbonyl (C=O) groups is 1. The van der Waals surface area contributed by atoms with Gasteiger partial charge in [0, 0.05) is 0 Å². The first kappa shape index (κ1) is 26.8. The summed E-state index contributed by atoms with van der Waals surface area (Å²) in [5.74, 6) is -54.4. The predicted molar refractivity (Wildman–Crippen MR) is 61.7 cm³/mol. The van der Waals surface area contributed by atoms with Crippen molar-refractivity contribution in [3.05, 3.63) is 0 Å². The molecular weight excluding hydrogens is 546 g/mol. The number of halogens is 18. The maximum absolute atomic E-state index is 14.7. The minimum absolute atomic E-state index is 2.20. The van der Waals surface area contributed by atoms with Gasteiger partial charge in [0.1, 0.15) is 0 Å². The third-order valence-corrected chi connectivity index (χ3v) is 6.05. The van der Waals surface area contributed by atoms with Gasteiger partial charge in [0.15, 0.2) is 6.86 Å². The zero-order valence-corrected chi connectivity index (χ0v) is 14.7. The summed E-state index contributed by atoms with van der Waals surface area (Å²) in [6.45, 7) is -2.89. The summed E-state index contributed by atoms with van der Waals surface area (Å²) in [7, 11) is 0. The van der Waals surface area contributed by atoms with Crippen LogP contribution in [0.3, 0.4) is 0 Å². The number of alkyl halides is 18. The summed E-state index contributed by atoms with van der Waals surface area (Å²) < 4.78 is 259. The molecule has 0 aromatic carbocycles. The zero-order chi connectivity index (χ0) is 27.2. The molecule has 0 amide bonds. The lowest BCUT2D eigenvalue weighted by Gasteiger charge is -2.74. The number of esters is 1. The van der Waals surface area contributed by atoms with Gasteiger partial charge in [-0.3, -0.25) is 9.53 Å². The molecule has 34 heavy (non-hydrogen) atoms. The molecule has 4 bridgehead atoms. The molecule has 0 aromatic rings. The summed E-state index contributed by atoms with van der Waals surface area (Å²) in [6.07, 6.45) is -6.28. The van der Waals surface area contributed by atoms with Gasteiger partial charge in [-0.05, 0) is 0 Å². The number of hydrogen-bond donors (Lipinski definition) is 0. The Balaban J connectivity index is 2.61. The molecule has 4 aliphatic carbocycles. The molecule has 0 heterocycles. The fourth-order valence-corrected chi connectivity index (χ4v) is 4.52. The van der Waals surface area contributed by atoms with Gasteiger partial charge in [0.05, 0.1) is 0 Å². The van der Waals surface area contributed by atoms with E-state index >= 15 is 0 Å². The molecule has 0 unspecified atom stereocenters. The number of ether oxygens (including phenoxy) is 2. The molecule has 0 aliphatic heterocycles. The quantitative estimate of drug-likeness (QED) is 0.283. The van der Waals surface area contributed by atoms with Gasteiger partial charge in [-0.15, -0.1) is 8.78 Å². The Labute approximate surface area is 171 Å². The van der Waals surface area contributed by atoms with E-state index in [0.29, 0.717) is 0 Å². The van der Waals surface area contributed by atoms with Crippen LogP contribution in [0.1, 0.15) is 0 Å². The van der Waals surface area contributed by atoms with E-state index in [2.05, 4.69) is 9.47 Å². The Morgan fingerprint density at radius 2 is 0.824 bits per heavy atom. The van der Waals surface area contributed by atoms with E-state index in [-0.39, 0.29) is 0 Å². The molecule has 198 valence electrons. The average molecular weight is 548 g/mol. The van der Waals surface area contributed by atoms with E-state index in [1.165, 1.54) is 0 Å². The minimum atomic E-state index is -8.26. The van der Waals surface area contributed by atoms with Crippen LogP contribution in [0.15, 0.2) is 0 Å². The van der Waals surface area contributed by atoms with Crippen LogP contribution in [0.4, 0.5) is 79.0 Å². The molecule has 4 saturated carbocycles. The number of carbonyl (C=O) groups excluding carboxylic acids is 1. The molecule has 21 heteroatoms. The summed E-state index contributed by atoms with van der Waals surface area (Å²) in [6, 6.07) is 0. The van der Waals surface area contributed by atoms with Gasteiger partial charge in [0.25, 0.3) is 5.41 Å². The Morgan fingerprint density at radius 3 is 1.06 bits per heavy atom. The molecule has 4 rings (SSSR count). The standard InChI is InChI=1S/C13H2F18O3/c14-1-33-13(30,31)34-2(32)3-7(18,19)4(15)10(24,25)5(16,8(3,20)21)12(28,29)6(17,9(3,22)23)11(4,26)27/h1H2. The highest BCUT2D eigenvalue weighted by molar-refractivity contribution is 5.86. The first-order chi connectivity index (χ1) is 14.7. The van der Waals surface area contributed by atoms with Crippen molar-refractivity contribution in [2.24, 2.45) is 5.41 Å². The van der Waals surface area contributed by atoms with Crippen LogP contribution in [-0.4, -0.2) is 71.7 Å². The summed E-state index contributed by atoms with van der Waals surface area (Å²) >= 11 is 0. The maximum atomic E-state index is 14.7. The van der Waals surface area contributed by atoms with Gasteiger partial charge in [-0.2, -0.15) is 26.3 Å². The zero-order valence-electron chi connectivity index (χ0n) is 14.7. The lowest BCUT2D eigenvalue weighted by molar-refractivity contribution is -0.605. The number of rotatable bonds is 4. The molecule has 0 radical (unpaired) electrons. The molecule has 0 atom stereocenters. The third kappa shape index (κ3) is 1.75. The highest BCUT2D eigenvalue weighted by Crippen LogP contribution is 2.90. The highest BCUT2D eigenvalue weighted by Gasteiger charge is 3.24. The SMILES string of the molecule is O=C(OC(F)(F)OCF)C12C(F)(F)C3(F)C(F)(F)C(F)(C(F)(F)C(F)(C3(F)F)C1(F)F)C2(F)F. The Morgan fingerprint density at radius 1 is 0.559 bits per heavy atom. The van der Waals surface area contributed by atoms with Crippen LogP contribution in [0.5, 0.6) is 0 Å². The summed E-state index contributed by atoms with van der Waals surface area (Å²) in [4.78, 5) is 11.7. The Kier molecular flexibility index (Phi) is 4.54. The van der Waals surface area contributed by atoms with Crippen LogP contribution >= 0.6 is 0 Å². The monoisotopic (exact) mass is 548 g/mol. The summed E-state index contributed by atoms with van der Waals surface area (Å²) in [5.41, 5.74) is -32.4.